The molecule has 0 atom stereocenters. The highest BCUT2D eigenvalue weighted by atomic mass is 32.2. The molecule has 0 aliphatic carbocycles. The van der Waals surface area contributed by atoms with Gasteiger partial charge in [-0.2, -0.15) is 17.5 Å². The van der Waals surface area contributed by atoms with Gasteiger partial charge >= 0.3 is 6.18 Å². The Labute approximate surface area is 186 Å². The number of halogens is 3. The van der Waals surface area contributed by atoms with Gasteiger partial charge in [0.2, 0.25) is 15.9 Å². The Kier molecular flexibility index (Phi) is 7.29. The number of sulfonamides is 1. The Morgan fingerprint density at radius 2 is 1.69 bits per heavy atom. The maximum atomic E-state index is 13.2. The molecule has 0 spiro atoms. The monoisotopic (exact) mass is 468 g/mol. The molecule has 1 heterocycles. The van der Waals surface area contributed by atoms with E-state index in [0.29, 0.717) is 25.5 Å². The van der Waals surface area contributed by atoms with Crippen LogP contribution in [0.1, 0.15) is 37.8 Å². The second kappa shape index (κ2) is 9.62. The summed E-state index contributed by atoms with van der Waals surface area (Å²) in [5.74, 6) is -0.353. The fraction of sp³-hybridized carbons (Fsp3) is 0.435. The van der Waals surface area contributed by atoms with E-state index in [1.165, 1.54) is 10.4 Å². The van der Waals surface area contributed by atoms with Gasteiger partial charge in [0.1, 0.15) is 0 Å². The van der Waals surface area contributed by atoms with Gasteiger partial charge in [0.05, 0.1) is 10.5 Å². The van der Waals surface area contributed by atoms with Crippen LogP contribution in [0.4, 0.5) is 13.2 Å². The predicted octanol–water partition coefficient (Wildman–Crippen LogP) is 4.54. The summed E-state index contributed by atoms with van der Waals surface area (Å²) >= 11 is 0. The molecule has 0 bridgehead atoms. The molecule has 1 saturated heterocycles. The van der Waals surface area contributed by atoms with Crippen molar-refractivity contribution in [3.8, 4) is 0 Å². The third kappa shape index (κ3) is 5.50. The summed E-state index contributed by atoms with van der Waals surface area (Å²) in [5.41, 5.74) is 0.0104. The highest BCUT2D eigenvalue weighted by Crippen LogP contribution is 2.32. The van der Waals surface area contributed by atoms with Gasteiger partial charge in [-0.05, 0) is 50.5 Å². The Morgan fingerprint density at radius 3 is 2.25 bits per heavy atom. The SMILES string of the molecule is CC(C)N(Cc1ccccc1)C(=O)C1CCN(S(=O)(=O)c2cccc(C(F)(F)F)c2)CC1. The molecule has 0 saturated carbocycles. The van der Waals surface area contributed by atoms with Crippen LogP contribution in [0, 0.1) is 5.92 Å². The lowest BCUT2D eigenvalue weighted by Crippen LogP contribution is -2.46. The van der Waals surface area contributed by atoms with Gasteiger partial charge in [-0.15, -0.1) is 0 Å². The van der Waals surface area contributed by atoms with Crippen molar-refractivity contribution in [2.24, 2.45) is 5.92 Å². The first-order valence-corrected chi connectivity index (χ1v) is 12.0. The van der Waals surface area contributed by atoms with Crippen molar-refractivity contribution in [3.63, 3.8) is 0 Å². The molecular weight excluding hydrogens is 441 g/mol. The zero-order chi connectivity index (χ0) is 23.5. The Morgan fingerprint density at radius 1 is 1.06 bits per heavy atom. The Hall–Kier alpha value is -2.39. The number of alkyl halides is 3. The molecule has 0 unspecified atom stereocenters. The second-order valence-corrected chi connectivity index (χ2v) is 10.2. The molecule has 1 aliphatic rings. The van der Waals surface area contributed by atoms with E-state index in [1.807, 2.05) is 44.2 Å². The summed E-state index contributed by atoms with van der Waals surface area (Å²) in [6.07, 6.45) is -3.96. The number of hydrogen-bond donors (Lipinski definition) is 0. The van der Waals surface area contributed by atoms with Crippen LogP contribution in [0.15, 0.2) is 59.5 Å². The molecule has 2 aromatic rings. The molecular formula is C23H27F3N2O3S. The highest BCUT2D eigenvalue weighted by Gasteiger charge is 2.36. The Balaban J connectivity index is 1.69. The minimum Gasteiger partial charge on any atom is -0.336 e. The summed E-state index contributed by atoms with van der Waals surface area (Å²) in [7, 11) is -4.07. The largest absolute Gasteiger partial charge is 0.416 e. The maximum Gasteiger partial charge on any atom is 0.416 e. The van der Waals surface area contributed by atoms with Crippen molar-refractivity contribution >= 4 is 15.9 Å². The topological polar surface area (TPSA) is 57.7 Å². The number of amides is 1. The van der Waals surface area contributed by atoms with Gasteiger partial charge in [-0.25, -0.2) is 8.42 Å². The standard InChI is InChI=1S/C23H27F3N2O3S/c1-17(2)28(16-18-7-4-3-5-8-18)22(29)19-11-13-27(14-12-19)32(30,31)21-10-6-9-20(15-21)23(24,25)26/h3-10,15,17,19H,11-14,16H2,1-2H3. The molecule has 174 valence electrons. The van der Waals surface area contributed by atoms with Crippen LogP contribution >= 0.6 is 0 Å². The first kappa shape index (κ1) is 24.3. The zero-order valence-electron chi connectivity index (χ0n) is 18.0. The lowest BCUT2D eigenvalue weighted by molar-refractivity contribution is -0.139. The number of hydrogen-bond acceptors (Lipinski definition) is 3. The van der Waals surface area contributed by atoms with E-state index >= 15 is 0 Å². The third-order valence-corrected chi connectivity index (χ3v) is 7.60. The lowest BCUT2D eigenvalue weighted by atomic mass is 9.95. The quantitative estimate of drug-likeness (QED) is 0.625. The molecule has 0 N–H and O–H groups in total. The van der Waals surface area contributed by atoms with Gasteiger partial charge in [-0.1, -0.05) is 36.4 Å². The molecule has 0 radical (unpaired) electrons. The number of carbonyl (C=O) groups excluding carboxylic acids is 1. The lowest BCUT2D eigenvalue weighted by Gasteiger charge is -2.35. The highest BCUT2D eigenvalue weighted by molar-refractivity contribution is 7.89. The minimum atomic E-state index is -4.62. The van der Waals surface area contributed by atoms with Gasteiger partial charge in [0.15, 0.2) is 0 Å². The van der Waals surface area contributed by atoms with Crippen LogP contribution in [-0.4, -0.2) is 42.7 Å². The van der Waals surface area contributed by atoms with E-state index in [1.54, 1.807) is 4.90 Å². The van der Waals surface area contributed by atoms with Crippen molar-refractivity contribution in [1.29, 1.82) is 0 Å². The molecule has 1 aliphatic heterocycles. The summed E-state index contributed by atoms with van der Waals surface area (Å²) in [6.45, 7) is 4.53. The first-order chi connectivity index (χ1) is 15.0. The van der Waals surface area contributed by atoms with E-state index in [0.717, 1.165) is 17.7 Å². The molecule has 3 rings (SSSR count). The summed E-state index contributed by atoms with van der Waals surface area (Å²) in [6, 6.07) is 13.4. The molecule has 2 aromatic carbocycles. The van der Waals surface area contributed by atoms with Crippen LogP contribution in [-0.2, 0) is 27.5 Å². The molecule has 1 amide bonds. The molecule has 32 heavy (non-hydrogen) atoms. The third-order valence-electron chi connectivity index (χ3n) is 5.70. The van der Waals surface area contributed by atoms with Crippen molar-refractivity contribution in [2.75, 3.05) is 13.1 Å². The van der Waals surface area contributed by atoms with E-state index in [9.17, 15) is 26.4 Å². The van der Waals surface area contributed by atoms with Crippen LogP contribution in [0.2, 0.25) is 0 Å². The minimum absolute atomic E-state index is 0.0189. The smallest absolute Gasteiger partial charge is 0.336 e. The van der Waals surface area contributed by atoms with Crippen LogP contribution in [0.3, 0.4) is 0 Å². The van der Waals surface area contributed by atoms with E-state index in [4.69, 9.17) is 0 Å². The fourth-order valence-electron chi connectivity index (χ4n) is 3.85. The second-order valence-electron chi connectivity index (χ2n) is 8.25. The average molecular weight is 469 g/mol. The predicted molar refractivity (Wildman–Crippen MR) is 115 cm³/mol. The van der Waals surface area contributed by atoms with Crippen molar-refractivity contribution < 1.29 is 26.4 Å². The zero-order valence-corrected chi connectivity index (χ0v) is 18.9. The van der Waals surface area contributed by atoms with Crippen molar-refractivity contribution in [3.05, 3.63) is 65.7 Å². The Bertz CT molecular complexity index is 1030. The number of nitrogens with zero attached hydrogens (tertiary/aromatic N) is 2. The van der Waals surface area contributed by atoms with E-state index in [2.05, 4.69) is 0 Å². The van der Waals surface area contributed by atoms with E-state index < -0.39 is 21.8 Å². The number of piperidine rings is 1. The van der Waals surface area contributed by atoms with Crippen LogP contribution in [0.25, 0.3) is 0 Å². The number of benzene rings is 2. The molecule has 9 heteroatoms. The van der Waals surface area contributed by atoms with Crippen LogP contribution in [0.5, 0.6) is 0 Å². The molecule has 1 fully saturated rings. The summed E-state index contributed by atoms with van der Waals surface area (Å²) < 4.78 is 65.9. The van der Waals surface area contributed by atoms with Crippen LogP contribution < -0.4 is 0 Å². The first-order valence-electron chi connectivity index (χ1n) is 10.5. The molecule has 0 aromatic heterocycles. The summed E-state index contributed by atoms with van der Waals surface area (Å²) in [4.78, 5) is 14.6. The number of rotatable bonds is 6. The molecule has 5 nitrogen and oxygen atoms in total. The van der Waals surface area contributed by atoms with Gasteiger partial charge in [0, 0.05) is 31.6 Å². The van der Waals surface area contributed by atoms with Crippen molar-refractivity contribution in [2.45, 2.75) is 50.3 Å². The van der Waals surface area contributed by atoms with Gasteiger partial charge in [0.25, 0.3) is 0 Å². The number of carbonyl (C=O) groups is 1. The van der Waals surface area contributed by atoms with Gasteiger partial charge in [-0.3, -0.25) is 4.79 Å². The van der Waals surface area contributed by atoms with E-state index in [-0.39, 0.29) is 35.9 Å². The maximum absolute atomic E-state index is 13.2. The average Bonchev–Trinajstić information content (AvgIpc) is 2.77. The van der Waals surface area contributed by atoms with Gasteiger partial charge < -0.3 is 4.90 Å². The van der Waals surface area contributed by atoms with Crippen molar-refractivity contribution in [1.82, 2.24) is 9.21 Å². The normalized spacial score (nSPS) is 16.3. The summed E-state index contributed by atoms with van der Waals surface area (Å²) in [5, 5.41) is 0. The fourth-order valence-corrected chi connectivity index (χ4v) is 5.37.